The van der Waals surface area contributed by atoms with Gasteiger partial charge < -0.3 is 9.64 Å². The van der Waals surface area contributed by atoms with Gasteiger partial charge in [-0.1, -0.05) is 52.4 Å². The Morgan fingerprint density at radius 1 is 1.35 bits per heavy atom. The molecule has 0 bridgehead atoms. The maximum atomic E-state index is 11.3. The summed E-state index contributed by atoms with van der Waals surface area (Å²) in [7, 11) is 3.16. The number of methoxy groups -OCH3 is 1. The van der Waals surface area contributed by atoms with E-state index >= 15 is 0 Å². The summed E-state index contributed by atoms with van der Waals surface area (Å²) in [6.45, 7) is 0.141. The van der Waals surface area contributed by atoms with Gasteiger partial charge in [-0.2, -0.15) is 0 Å². The highest BCUT2D eigenvalue weighted by molar-refractivity contribution is 9.10. The van der Waals surface area contributed by atoms with E-state index in [0.717, 1.165) is 20.8 Å². The van der Waals surface area contributed by atoms with Crippen molar-refractivity contribution in [1.82, 2.24) is 4.90 Å². The molecule has 0 aromatic heterocycles. The maximum absolute atomic E-state index is 11.3. The van der Waals surface area contributed by atoms with E-state index in [2.05, 4.69) is 20.7 Å². The van der Waals surface area contributed by atoms with Gasteiger partial charge in [0.15, 0.2) is 0 Å². The third-order valence-electron chi connectivity index (χ3n) is 3.01. The zero-order valence-corrected chi connectivity index (χ0v) is 13.6. The summed E-state index contributed by atoms with van der Waals surface area (Å²) in [6.07, 6.45) is 0. The number of benzene rings is 2. The van der Waals surface area contributed by atoms with Gasteiger partial charge in [0.05, 0.1) is 7.11 Å². The van der Waals surface area contributed by atoms with Gasteiger partial charge in [-0.05, 0) is 22.9 Å². The van der Waals surface area contributed by atoms with Gasteiger partial charge in [0, 0.05) is 17.1 Å². The average Bonchev–Trinajstić information content (AvgIpc) is 2.45. The number of thiocarbonyl (C=S) groups is 1. The fourth-order valence-corrected chi connectivity index (χ4v) is 2.60. The molecule has 0 amide bonds. The van der Waals surface area contributed by atoms with Crippen LogP contribution in [0.4, 0.5) is 0 Å². The molecule has 104 valence electrons. The van der Waals surface area contributed by atoms with Crippen LogP contribution in [-0.4, -0.2) is 36.6 Å². The van der Waals surface area contributed by atoms with E-state index in [1.165, 1.54) is 7.11 Å². The number of hydrogen-bond acceptors (Lipinski definition) is 3. The van der Waals surface area contributed by atoms with E-state index in [0.29, 0.717) is 4.99 Å². The van der Waals surface area contributed by atoms with Crippen molar-refractivity contribution >= 4 is 49.9 Å². The summed E-state index contributed by atoms with van der Waals surface area (Å²) >= 11 is 8.94. The highest BCUT2D eigenvalue weighted by atomic mass is 79.9. The van der Waals surface area contributed by atoms with Crippen LogP contribution in [0, 0.1) is 0 Å². The van der Waals surface area contributed by atoms with E-state index in [1.807, 2.05) is 36.4 Å². The molecule has 20 heavy (non-hydrogen) atoms. The normalized spacial score (nSPS) is 10.3. The lowest BCUT2D eigenvalue weighted by Crippen LogP contribution is -2.32. The number of carbonyl (C=O) groups is 1. The maximum Gasteiger partial charge on any atom is 0.325 e. The van der Waals surface area contributed by atoms with Crippen molar-refractivity contribution in [2.24, 2.45) is 0 Å². The Kier molecular flexibility index (Phi) is 4.73. The van der Waals surface area contributed by atoms with E-state index in [1.54, 1.807) is 11.9 Å². The monoisotopic (exact) mass is 351 g/mol. The van der Waals surface area contributed by atoms with Crippen molar-refractivity contribution in [1.29, 1.82) is 0 Å². The Balaban J connectivity index is 2.37. The van der Waals surface area contributed by atoms with E-state index in [9.17, 15) is 4.79 Å². The molecular formula is C15H14BrNO2S. The first-order valence-electron chi connectivity index (χ1n) is 6.03. The molecule has 2 rings (SSSR count). The van der Waals surface area contributed by atoms with Crippen LogP contribution in [-0.2, 0) is 9.53 Å². The number of carbonyl (C=O) groups excluding carboxylic acids is 1. The number of rotatable bonds is 3. The zero-order valence-electron chi connectivity index (χ0n) is 11.2. The van der Waals surface area contributed by atoms with Crippen molar-refractivity contribution in [2.75, 3.05) is 20.7 Å². The molecule has 0 saturated carbocycles. The minimum atomic E-state index is -0.308. The molecule has 3 nitrogen and oxygen atoms in total. The van der Waals surface area contributed by atoms with Gasteiger partial charge in [-0.25, -0.2) is 0 Å². The minimum absolute atomic E-state index is 0.141. The van der Waals surface area contributed by atoms with Crippen LogP contribution in [0.25, 0.3) is 10.8 Å². The molecule has 0 atom stereocenters. The molecule has 0 N–H and O–H groups in total. The van der Waals surface area contributed by atoms with Gasteiger partial charge in [0.2, 0.25) is 0 Å². The molecule has 0 saturated heterocycles. The number of nitrogens with zero attached hydrogens (tertiary/aromatic N) is 1. The summed E-state index contributed by atoms with van der Waals surface area (Å²) in [6, 6.07) is 12.0. The first-order valence-corrected chi connectivity index (χ1v) is 7.23. The van der Waals surface area contributed by atoms with Crippen LogP contribution in [0.15, 0.2) is 40.9 Å². The Morgan fingerprint density at radius 2 is 2.10 bits per heavy atom. The van der Waals surface area contributed by atoms with Crippen molar-refractivity contribution in [3.63, 3.8) is 0 Å². The van der Waals surface area contributed by atoms with Gasteiger partial charge >= 0.3 is 5.97 Å². The van der Waals surface area contributed by atoms with Gasteiger partial charge in [0.25, 0.3) is 0 Å². The number of halogens is 1. The molecule has 0 unspecified atom stereocenters. The summed E-state index contributed by atoms with van der Waals surface area (Å²) in [4.78, 5) is 13.7. The number of esters is 1. The predicted molar refractivity (Wildman–Crippen MR) is 88.0 cm³/mol. The minimum Gasteiger partial charge on any atom is -0.468 e. The number of fused-ring (bicyclic) bond motifs is 1. The standard InChI is InChI=1S/C15H14BrNO2S/c1-17(9-14(18)19-2)15(20)13-5-3-4-10-8-11(16)6-7-12(10)13/h3-8H,9H2,1-2H3. The van der Waals surface area contributed by atoms with Crippen LogP contribution in [0.2, 0.25) is 0 Å². The van der Waals surface area contributed by atoms with E-state index < -0.39 is 0 Å². The number of likely N-dealkylation sites (N-methyl/N-ethyl adjacent to an activating group) is 1. The summed E-state index contributed by atoms with van der Waals surface area (Å²) in [5.41, 5.74) is 0.941. The molecule has 0 aliphatic carbocycles. The smallest absolute Gasteiger partial charge is 0.325 e. The largest absolute Gasteiger partial charge is 0.468 e. The molecule has 0 heterocycles. The summed E-state index contributed by atoms with van der Waals surface area (Å²) < 4.78 is 5.69. The zero-order chi connectivity index (χ0) is 14.7. The second kappa shape index (κ2) is 6.33. The van der Waals surface area contributed by atoms with Gasteiger partial charge in [-0.3, -0.25) is 4.79 Å². The fraction of sp³-hybridized carbons (Fsp3) is 0.200. The second-order valence-electron chi connectivity index (χ2n) is 4.41. The molecule has 0 spiro atoms. The second-order valence-corrected chi connectivity index (χ2v) is 5.71. The lowest BCUT2D eigenvalue weighted by Gasteiger charge is -2.20. The van der Waals surface area contributed by atoms with E-state index in [-0.39, 0.29) is 12.5 Å². The highest BCUT2D eigenvalue weighted by Gasteiger charge is 2.13. The molecule has 5 heteroatoms. The Hall–Kier alpha value is -1.46. The van der Waals surface area contributed by atoms with Crippen LogP contribution >= 0.6 is 28.1 Å². The van der Waals surface area contributed by atoms with Crippen molar-refractivity contribution in [3.8, 4) is 0 Å². The summed E-state index contributed by atoms with van der Waals surface area (Å²) in [5, 5.41) is 2.17. The van der Waals surface area contributed by atoms with Crippen LogP contribution < -0.4 is 0 Å². The third kappa shape index (κ3) is 3.16. The quantitative estimate of drug-likeness (QED) is 0.626. The molecule has 0 fully saturated rings. The average molecular weight is 352 g/mol. The molecular weight excluding hydrogens is 338 g/mol. The van der Waals surface area contributed by atoms with Gasteiger partial charge in [0.1, 0.15) is 11.5 Å². The molecule has 2 aromatic carbocycles. The molecule has 2 aromatic rings. The SMILES string of the molecule is COC(=O)CN(C)C(=S)c1cccc2cc(Br)ccc12. The highest BCUT2D eigenvalue weighted by Crippen LogP contribution is 2.24. The van der Waals surface area contributed by atoms with Crippen LogP contribution in [0.3, 0.4) is 0 Å². The van der Waals surface area contributed by atoms with Crippen molar-refractivity contribution < 1.29 is 9.53 Å². The van der Waals surface area contributed by atoms with E-state index in [4.69, 9.17) is 12.2 Å². The Bertz CT molecular complexity index is 672. The Labute approximate surface area is 131 Å². The summed E-state index contributed by atoms with van der Waals surface area (Å²) in [5.74, 6) is -0.308. The number of hydrogen-bond donors (Lipinski definition) is 0. The Morgan fingerprint density at radius 3 is 2.80 bits per heavy atom. The molecule has 0 aliphatic heterocycles. The lowest BCUT2D eigenvalue weighted by molar-refractivity contribution is -0.140. The lowest BCUT2D eigenvalue weighted by atomic mass is 10.0. The predicted octanol–water partition coefficient (Wildman–Crippen LogP) is 3.38. The number of ether oxygens (including phenoxy) is 1. The van der Waals surface area contributed by atoms with Crippen molar-refractivity contribution in [3.05, 3.63) is 46.4 Å². The van der Waals surface area contributed by atoms with Crippen LogP contribution in [0.5, 0.6) is 0 Å². The molecule has 0 radical (unpaired) electrons. The first kappa shape index (κ1) is 14.9. The van der Waals surface area contributed by atoms with Gasteiger partial charge in [-0.15, -0.1) is 0 Å². The van der Waals surface area contributed by atoms with Crippen molar-refractivity contribution in [2.45, 2.75) is 0 Å². The molecule has 0 aliphatic rings. The van der Waals surface area contributed by atoms with Crippen LogP contribution in [0.1, 0.15) is 5.56 Å². The topological polar surface area (TPSA) is 29.5 Å². The third-order valence-corrected chi connectivity index (χ3v) is 4.04. The first-order chi connectivity index (χ1) is 9.52. The fourth-order valence-electron chi connectivity index (χ4n) is 1.98.